The molecule has 1 aliphatic carbocycles. The van der Waals surface area contributed by atoms with E-state index in [9.17, 15) is 19.8 Å². The Labute approximate surface area is 163 Å². The predicted octanol–water partition coefficient (Wildman–Crippen LogP) is 3.38. The number of carbonyl (C=O) groups is 2. The lowest BCUT2D eigenvalue weighted by atomic mass is 9.88. The first-order valence-electron chi connectivity index (χ1n) is 9.29. The standard InChI is InChI=1S/C21H23N3O4/c25-18-11-8-16(19(26)12-18)13-22-24-21(28)15-6-9-17(10-7-15)23-20(27)14-4-2-1-3-5-14/h6-14,25-26H,1-5H2,(H,23,27)(H,24,28)/b22-13+. The van der Waals surface area contributed by atoms with E-state index in [2.05, 4.69) is 15.8 Å². The van der Waals surface area contributed by atoms with Gasteiger partial charge in [0.25, 0.3) is 5.91 Å². The maximum Gasteiger partial charge on any atom is 0.271 e. The average molecular weight is 381 g/mol. The molecule has 0 atom stereocenters. The number of aromatic hydroxyl groups is 2. The minimum Gasteiger partial charge on any atom is -0.508 e. The van der Waals surface area contributed by atoms with Crippen LogP contribution < -0.4 is 10.7 Å². The Morgan fingerprint density at radius 1 is 1.00 bits per heavy atom. The lowest BCUT2D eigenvalue weighted by Crippen LogP contribution is -2.24. The molecule has 7 heteroatoms. The highest BCUT2D eigenvalue weighted by Gasteiger charge is 2.21. The molecule has 0 spiro atoms. The van der Waals surface area contributed by atoms with Gasteiger partial charge in [-0.3, -0.25) is 9.59 Å². The van der Waals surface area contributed by atoms with Crippen LogP contribution in [0, 0.1) is 5.92 Å². The topological polar surface area (TPSA) is 111 Å². The van der Waals surface area contributed by atoms with Gasteiger partial charge in [0.2, 0.25) is 5.91 Å². The summed E-state index contributed by atoms with van der Waals surface area (Å²) in [4.78, 5) is 24.4. The molecule has 1 aliphatic rings. The number of rotatable bonds is 5. The van der Waals surface area contributed by atoms with Crippen LogP contribution in [0.15, 0.2) is 47.6 Å². The lowest BCUT2D eigenvalue weighted by molar-refractivity contribution is -0.120. The number of carbonyl (C=O) groups excluding carboxylic acids is 2. The molecule has 0 bridgehead atoms. The molecule has 146 valence electrons. The number of anilines is 1. The fraction of sp³-hybridized carbons (Fsp3) is 0.286. The van der Waals surface area contributed by atoms with E-state index >= 15 is 0 Å². The maximum atomic E-state index is 12.3. The molecule has 0 saturated heterocycles. The van der Waals surface area contributed by atoms with Gasteiger partial charge >= 0.3 is 0 Å². The second kappa shape index (κ2) is 9.03. The lowest BCUT2D eigenvalue weighted by Gasteiger charge is -2.20. The number of nitrogens with zero attached hydrogens (tertiary/aromatic N) is 1. The van der Waals surface area contributed by atoms with Gasteiger partial charge in [0.15, 0.2) is 0 Å². The molecular weight excluding hydrogens is 358 g/mol. The molecule has 0 aliphatic heterocycles. The number of benzene rings is 2. The first-order chi connectivity index (χ1) is 13.5. The van der Waals surface area contributed by atoms with Crippen LogP contribution in [0.25, 0.3) is 0 Å². The van der Waals surface area contributed by atoms with Gasteiger partial charge in [-0.05, 0) is 49.2 Å². The van der Waals surface area contributed by atoms with E-state index in [4.69, 9.17) is 0 Å². The van der Waals surface area contributed by atoms with E-state index in [1.54, 1.807) is 24.3 Å². The Morgan fingerprint density at radius 2 is 1.71 bits per heavy atom. The van der Waals surface area contributed by atoms with Crippen LogP contribution in [0.2, 0.25) is 0 Å². The third-order valence-electron chi connectivity index (χ3n) is 4.77. The molecule has 28 heavy (non-hydrogen) atoms. The Kier molecular flexibility index (Phi) is 6.26. The quantitative estimate of drug-likeness (QED) is 0.470. The monoisotopic (exact) mass is 381 g/mol. The summed E-state index contributed by atoms with van der Waals surface area (Å²) in [6, 6.07) is 10.7. The average Bonchev–Trinajstić information content (AvgIpc) is 2.70. The molecule has 0 radical (unpaired) electrons. The minimum atomic E-state index is -0.417. The van der Waals surface area contributed by atoms with Crippen LogP contribution in [0.4, 0.5) is 5.69 Å². The number of hydrogen-bond donors (Lipinski definition) is 4. The molecule has 0 aromatic heterocycles. The van der Waals surface area contributed by atoms with Crippen molar-refractivity contribution >= 4 is 23.7 Å². The van der Waals surface area contributed by atoms with E-state index < -0.39 is 5.91 Å². The van der Waals surface area contributed by atoms with Crippen molar-refractivity contribution in [2.45, 2.75) is 32.1 Å². The van der Waals surface area contributed by atoms with Gasteiger partial charge in [0.05, 0.1) is 6.21 Å². The van der Waals surface area contributed by atoms with Crippen molar-refractivity contribution in [2.24, 2.45) is 11.0 Å². The van der Waals surface area contributed by atoms with E-state index in [-0.39, 0.29) is 23.3 Å². The molecule has 0 heterocycles. The molecular formula is C21H23N3O4. The minimum absolute atomic E-state index is 0.0372. The molecule has 1 fully saturated rings. The zero-order valence-corrected chi connectivity index (χ0v) is 15.4. The first kappa shape index (κ1) is 19.4. The molecule has 2 aromatic rings. The smallest absolute Gasteiger partial charge is 0.271 e. The zero-order valence-electron chi connectivity index (χ0n) is 15.4. The van der Waals surface area contributed by atoms with Gasteiger partial charge in [0.1, 0.15) is 11.5 Å². The van der Waals surface area contributed by atoms with Gasteiger partial charge < -0.3 is 15.5 Å². The van der Waals surface area contributed by atoms with Crippen LogP contribution in [0.3, 0.4) is 0 Å². The van der Waals surface area contributed by atoms with Crippen molar-refractivity contribution in [3.8, 4) is 11.5 Å². The molecule has 4 N–H and O–H groups in total. The van der Waals surface area contributed by atoms with Crippen molar-refractivity contribution in [3.63, 3.8) is 0 Å². The highest BCUT2D eigenvalue weighted by Crippen LogP contribution is 2.25. The number of hydrazone groups is 1. The van der Waals surface area contributed by atoms with Crippen molar-refractivity contribution in [1.29, 1.82) is 0 Å². The number of nitrogens with one attached hydrogen (secondary N) is 2. The summed E-state index contributed by atoms with van der Waals surface area (Å²) >= 11 is 0. The van der Waals surface area contributed by atoms with Crippen molar-refractivity contribution in [2.75, 3.05) is 5.32 Å². The van der Waals surface area contributed by atoms with Gasteiger partial charge in [-0.1, -0.05) is 19.3 Å². The second-order valence-electron chi connectivity index (χ2n) is 6.84. The van der Waals surface area contributed by atoms with Crippen LogP contribution >= 0.6 is 0 Å². The van der Waals surface area contributed by atoms with Crippen LogP contribution in [-0.2, 0) is 4.79 Å². The number of phenolic OH excluding ortho intramolecular Hbond substituents is 2. The summed E-state index contributed by atoms with van der Waals surface area (Å²) < 4.78 is 0. The third-order valence-corrected chi connectivity index (χ3v) is 4.77. The molecule has 0 unspecified atom stereocenters. The van der Waals surface area contributed by atoms with Gasteiger partial charge in [-0.15, -0.1) is 0 Å². The van der Waals surface area contributed by atoms with Crippen LogP contribution in [0.5, 0.6) is 11.5 Å². The van der Waals surface area contributed by atoms with Gasteiger partial charge in [-0.25, -0.2) is 5.43 Å². The fourth-order valence-corrected chi connectivity index (χ4v) is 3.18. The van der Waals surface area contributed by atoms with Crippen LogP contribution in [-0.4, -0.2) is 28.2 Å². The summed E-state index contributed by atoms with van der Waals surface area (Å²) in [5, 5.41) is 25.6. The van der Waals surface area contributed by atoms with E-state index in [0.29, 0.717) is 16.8 Å². The molecule has 1 saturated carbocycles. The normalized spacial score (nSPS) is 14.7. The molecule has 2 amide bonds. The Morgan fingerprint density at radius 3 is 2.39 bits per heavy atom. The zero-order chi connectivity index (χ0) is 19.9. The number of hydrogen-bond acceptors (Lipinski definition) is 5. The summed E-state index contributed by atoms with van der Waals surface area (Å²) in [7, 11) is 0. The molecule has 2 aromatic carbocycles. The van der Waals surface area contributed by atoms with Crippen molar-refractivity contribution in [1.82, 2.24) is 5.43 Å². The maximum absolute atomic E-state index is 12.3. The molecule has 3 rings (SSSR count). The third kappa shape index (κ3) is 5.09. The first-order valence-corrected chi connectivity index (χ1v) is 9.29. The van der Waals surface area contributed by atoms with Crippen molar-refractivity contribution < 1.29 is 19.8 Å². The number of amides is 2. The Balaban J connectivity index is 1.54. The highest BCUT2D eigenvalue weighted by atomic mass is 16.3. The largest absolute Gasteiger partial charge is 0.508 e. The SMILES string of the molecule is O=C(N/N=C/c1ccc(O)cc1O)c1ccc(NC(=O)C2CCCCC2)cc1. The molecule has 7 nitrogen and oxygen atoms in total. The fourth-order valence-electron chi connectivity index (χ4n) is 3.18. The van der Waals surface area contributed by atoms with Crippen molar-refractivity contribution in [3.05, 3.63) is 53.6 Å². The van der Waals surface area contributed by atoms with Gasteiger partial charge in [0, 0.05) is 28.8 Å². The second-order valence-corrected chi connectivity index (χ2v) is 6.84. The predicted molar refractivity (Wildman–Crippen MR) is 106 cm³/mol. The van der Waals surface area contributed by atoms with E-state index in [0.717, 1.165) is 25.7 Å². The summed E-state index contributed by atoms with van der Waals surface area (Å²) in [5.74, 6) is -0.511. The van der Waals surface area contributed by atoms with Crippen LogP contribution in [0.1, 0.15) is 48.0 Å². The highest BCUT2D eigenvalue weighted by molar-refractivity contribution is 5.96. The Bertz CT molecular complexity index is 872. The number of phenols is 2. The summed E-state index contributed by atoms with van der Waals surface area (Å²) in [5.41, 5.74) is 3.78. The summed E-state index contributed by atoms with van der Waals surface area (Å²) in [6.45, 7) is 0. The van der Waals surface area contributed by atoms with E-state index in [1.807, 2.05) is 0 Å². The summed E-state index contributed by atoms with van der Waals surface area (Å²) in [6.07, 6.45) is 6.54. The van der Waals surface area contributed by atoms with E-state index in [1.165, 1.54) is 30.8 Å². The van der Waals surface area contributed by atoms with Gasteiger partial charge in [-0.2, -0.15) is 5.10 Å². The Hall–Kier alpha value is -3.35.